The van der Waals surface area contributed by atoms with E-state index in [0.717, 1.165) is 68.9 Å². The predicted octanol–water partition coefficient (Wildman–Crippen LogP) is 7.75. The van der Waals surface area contributed by atoms with Gasteiger partial charge in [-0.05, 0) is 94.4 Å². The van der Waals surface area contributed by atoms with Gasteiger partial charge in [0.1, 0.15) is 11.6 Å². The van der Waals surface area contributed by atoms with Gasteiger partial charge in [0.2, 0.25) is 5.95 Å². The molecule has 0 bridgehead atoms. The fourth-order valence-electron chi connectivity index (χ4n) is 5.98. The Hall–Kier alpha value is -4.00. The molecule has 2 heterocycles. The lowest BCUT2D eigenvalue weighted by atomic mass is 10.1. The molecular formula is C38H46Cl2FN7O3. The number of benzene rings is 3. The van der Waals surface area contributed by atoms with Gasteiger partial charge in [-0.3, -0.25) is 9.80 Å². The molecular weight excluding hydrogens is 692 g/mol. The number of carbonyl (C=O) groups is 1. The number of nitrogens with one attached hydrogen (secondary N) is 1. The van der Waals surface area contributed by atoms with Crippen LogP contribution in [0.4, 0.5) is 26.6 Å². The Morgan fingerprint density at radius 1 is 0.941 bits per heavy atom. The number of rotatable bonds is 14. The zero-order chi connectivity index (χ0) is 36.5. The molecule has 3 aromatic carbocycles. The fourth-order valence-corrected chi connectivity index (χ4v) is 6.35. The first-order valence-corrected chi connectivity index (χ1v) is 17.8. The van der Waals surface area contributed by atoms with E-state index in [1.54, 1.807) is 36.4 Å². The van der Waals surface area contributed by atoms with Gasteiger partial charge in [0.25, 0.3) is 0 Å². The van der Waals surface area contributed by atoms with E-state index in [1.165, 1.54) is 17.2 Å². The first kappa shape index (κ1) is 38.2. The molecule has 272 valence electrons. The van der Waals surface area contributed by atoms with Crippen LogP contribution in [0.2, 0.25) is 10.0 Å². The lowest BCUT2D eigenvalue weighted by molar-refractivity contribution is 0.119. The predicted molar refractivity (Wildman–Crippen MR) is 203 cm³/mol. The standard InChI is InChI=1S/C38H46Cl2FN7O3/c1-26-21-27(2)36(28(3)22-26)51-38(49)48(25-29-23-30(39)7-9-32(29)40)35-11-12-42-37(44-35)43-31-8-10-34(33(41)24-31)50-20-6-13-46-16-18-47(19-17-46)15-14-45(4)5/h7-12,21-24H,6,13-20,25H2,1-5H3,(H,42,43,44). The number of halogens is 3. The number of anilines is 3. The third-order valence-corrected chi connectivity index (χ3v) is 9.26. The summed E-state index contributed by atoms with van der Waals surface area (Å²) in [6, 6.07) is 15.1. The molecule has 1 saturated heterocycles. The molecule has 0 unspecified atom stereocenters. The lowest BCUT2D eigenvalue weighted by Crippen LogP contribution is -2.48. The van der Waals surface area contributed by atoms with Crippen LogP contribution in [0.5, 0.6) is 11.5 Å². The summed E-state index contributed by atoms with van der Waals surface area (Å²) in [7, 11) is 4.20. The van der Waals surface area contributed by atoms with Gasteiger partial charge in [-0.1, -0.05) is 40.9 Å². The van der Waals surface area contributed by atoms with Crippen LogP contribution >= 0.6 is 23.2 Å². The molecule has 1 aromatic heterocycles. The minimum Gasteiger partial charge on any atom is -0.490 e. The second-order valence-electron chi connectivity index (χ2n) is 13.1. The molecule has 1 fully saturated rings. The van der Waals surface area contributed by atoms with Crippen molar-refractivity contribution < 1.29 is 18.7 Å². The highest BCUT2D eigenvalue weighted by Crippen LogP contribution is 2.29. The molecule has 0 atom stereocenters. The highest BCUT2D eigenvalue weighted by atomic mass is 35.5. The average molecular weight is 739 g/mol. The third kappa shape index (κ3) is 11.0. The van der Waals surface area contributed by atoms with Crippen LogP contribution in [0.25, 0.3) is 0 Å². The summed E-state index contributed by atoms with van der Waals surface area (Å²) in [6.07, 6.45) is 1.64. The van der Waals surface area contributed by atoms with Gasteiger partial charge in [0.05, 0.1) is 13.2 Å². The number of carbonyl (C=O) groups excluding carboxylic acids is 1. The summed E-state index contributed by atoms with van der Waals surface area (Å²) in [5.74, 6) is 0.534. The average Bonchev–Trinajstić information content (AvgIpc) is 3.09. The molecule has 1 amide bonds. The largest absolute Gasteiger partial charge is 0.490 e. The van der Waals surface area contributed by atoms with E-state index >= 15 is 4.39 Å². The number of piperazine rings is 1. The quantitative estimate of drug-likeness (QED) is 0.131. The monoisotopic (exact) mass is 737 g/mol. The summed E-state index contributed by atoms with van der Waals surface area (Å²) in [5, 5.41) is 3.94. The molecule has 4 aromatic rings. The smallest absolute Gasteiger partial charge is 0.421 e. The van der Waals surface area contributed by atoms with E-state index in [2.05, 4.69) is 44.1 Å². The van der Waals surface area contributed by atoms with Crippen molar-refractivity contribution in [1.82, 2.24) is 24.7 Å². The SMILES string of the molecule is Cc1cc(C)c(OC(=O)N(Cc2cc(Cl)ccc2Cl)c2ccnc(Nc3ccc(OCCCN4CCN(CCN(C)C)CC4)c(F)c3)n2)c(C)c1. The number of hydrogen-bond acceptors (Lipinski definition) is 9. The Kier molecular flexibility index (Phi) is 13.5. The Bertz CT molecular complexity index is 1780. The van der Waals surface area contributed by atoms with E-state index < -0.39 is 11.9 Å². The van der Waals surface area contributed by atoms with Crippen LogP contribution in [0.1, 0.15) is 28.7 Å². The van der Waals surface area contributed by atoms with Crippen molar-refractivity contribution in [2.75, 3.05) is 76.7 Å². The molecule has 13 heteroatoms. The molecule has 5 rings (SSSR count). The first-order chi connectivity index (χ1) is 24.4. The molecule has 1 aliphatic rings. The summed E-state index contributed by atoms with van der Waals surface area (Å²) in [6.45, 7) is 13.5. The zero-order valence-corrected chi connectivity index (χ0v) is 31.4. The van der Waals surface area contributed by atoms with Crippen molar-refractivity contribution in [2.24, 2.45) is 0 Å². The van der Waals surface area contributed by atoms with Crippen molar-refractivity contribution in [3.63, 3.8) is 0 Å². The van der Waals surface area contributed by atoms with Gasteiger partial charge in [0.15, 0.2) is 11.6 Å². The highest BCUT2D eigenvalue weighted by molar-refractivity contribution is 6.33. The third-order valence-electron chi connectivity index (χ3n) is 8.66. The van der Waals surface area contributed by atoms with Crippen LogP contribution in [0.3, 0.4) is 0 Å². The van der Waals surface area contributed by atoms with Crippen molar-refractivity contribution in [1.29, 1.82) is 0 Å². The van der Waals surface area contributed by atoms with Gasteiger partial charge >= 0.3 is 6.09 Å². The van der Waals surface area contributed by atoms with Crippen LogP contribution in [0.15, 0.2) is 60.8 Å². The van der Waals surface area contributed by atoms with Crippen molar-refractivity contribution >= 4 is 46.7 Å². The van der Waals surface area contributed by atoms with Gasteiger partial charge in [-0.15, -0.1) is 0 Å². The molecule has 0 saturated carbocycles. The minimum absolute atomic E-state index is 0.0201. The maximum Gasteiger partial charge on any atom is 0.421 e. The minimum atomic E-state index is -0.666. The fraction of sp³-hybridized carbons (Fsp3) is 0.395. The summed E-state index contributed by atoms with van der Waals surface area (Å²) >= 11 is 12.8. The van der Waals surface area contributed by atoms with Gasteiger partial charge in [-0.25, -0.2) is 14.2 Å². The Labute approximate surface area is 310 Å². The number of likely N-dealkylation sites (N-methyl/N-ethyl adjacent to an activating group) is 1. The number of ether oxygens (including phenoxy) is 2. The van der Waals surface area contributed by atoms with Crippen molar-refractivity contribution in [3.05, 3.63) is 98.9 Å². The maximum absolute atomic E-state index is 15.1. The number of nitrogens with zero attached hydrogens (tertiary/aromatic N) is 6. The molecule has 0 radical (unpaired) electrons. The number of amides is 1. The highest BCUT2D eigenvalue weighted by Gasteiger charge is 2.24. The Balaban J connectivity index is 1.22. The Morgan fingerprint density at radius 2 is 1.65 bits per heavy atom. The van der Waals surface area contributed by atoms with E-state index in [9.17, 15) is 4.79 Å². The van der Waals surface area contributed by atoms with Crippen molar-refractivity contribution in [3.8, 4) is 11.5 Å². The maximum atomic E-state index is 15.1. The second kappa shape index (κ2) is 18.0. The summed E-state index contributed by atoms with van der Waals surface area (Å²) < 4.78 is 26.8. The van der Waals surface area contributed by atoms with E-state index in [0.29, 0.717) is 33.7 Å². The molecule has 1 aliphatic heterocycles. The van der Waals surface area contributed by atoms with Gasteiger partial charge in [0, 0.05) is 73.8 Å². The zero-order valence-electron chi connectivity index (χ0n) is 29.9. The van der Waals surface area contributed by atoms with E-state index in [-0.39, 0.29) is 24.1 Å². The lowest BCUT2D eigenvalue weighted by Gasteiger charge is -2.35. The van der Waals surface area contributed by atoms with Crippen LogP contribution in [-0.2, 0) is 6.54 Å². The summed E-state index contributed by atoms with van der Waals surface area (Å²) in [5.41, 5.74) is 3.73. The van der Waals surface area contributed by atoms with Crippen LogP contribution in [-0.4, -0.2) is 97.3 Å². The molecule has 1 N–H and O–H groups in total. The normalized spacial score (nSPS) is 13.7. The molecule has 51 heavy (non-hydrogen) atoms. The summed E-state index contributed by atoms with van der Waals surface area (Å²) in [4.78, 5) is 31.2. The molecule has 10 nitrogen and oxygen atoms in total. The number of aromatic nitrogens is 2. The van der Waals surface area contributed by atoms with E-state index in [4.69, 9.17) is 32.7 Å². The first-order valence-electron chi connectivity index (χ1n) is 17.1. The Morgan fingerprint density at radius 3 is 2.33 bits per heavy atom. The van der Waals surface area contributed by atoms with Crippen LogP contribution in [0, 0.1) is 26.6 Å². The molecule has 0 spiro atoms. The van der Waals surface area contributed by atoms with E-state index in [1.807, 2.05) is 32.9 Å². The van der Waals surface area contributed by atoms with Crippen molar-refractivity contribution in [2.45, 2.75) is 33.7 Å². The van der Waals surface area contributed by atoms with Crippen LogP contribution < -0.4 is 19.7 Å². The number of aryl methyl sites for hydroxylation is 3. The topological polar surface area (TPSA) is 86.3 Å². The second-order valence-corrected chi connectivity index (χ2v) is 14.0. The van der Waals surface area contributed by atoms with Gasteiger partial charge < -0.3 is 24.6 Å². The number of hydrogen-bond donors (Lipinski definition) is 1. The molecule has 0 aliphatic carbocycles. The van der Waals surface area contributed by atoms with Gasteiger partial charge in [-0.2, -0.15) is 4.98 Å².